The van der Waals surface area contributed by atoms with Gasteiger partial charge in [0.2, 0.25) is 0 Å². The Morgan fingerprint density at radius 3 is 2.42 bits per heavy atom. The van der Waals surface area contributed by atoms with Crippen molar-refractivity contribution < 1.29 is 0 Å². The maximum Gasteiger partial charge on any atom is 0.0648 e. The third-order valence-electron chi connectivity index (χ3n) is 1.83. The molecule has 2 nitrogen and oxygen atoms in total. The molecule has 2 heteroatoms. The van der Waals surface area contributed by atoms with Crippen LogP contribution < -0.4 is 0 Å². The first-order valence-electron chi connectivity index (χ1n) is 3.94. The summed E-state index contributed by atoms with van der Waals surface area (Å²) in [7, 11) is 0. The van der Waals surface area contributed by atoms with Gasteiger partial charge >= 0.3 is 0 Å². The second-order valence-corrected chi connectivity index (χ2v) is 2.72. The molecule has 0 aliphatic heterocycles. The largest absolute Gasteiger partial charge is 0.238 e. The summed E-state index contributed by atoms with van der Waals surface area (Å²) in [6.07, 6.45) is 1.81. The SMILES string of the molecule is Cc1ccnn1-c1ccccc1. The van der Waals surface area contributed by atoms with Crippen molar-refractivity contribution in [2.24, 2.45) is 0 Å². The van der Waals surface area contributed by atoms with E-state index >= 15 is 0 Å². The minimum Gasteiger partial charge on any atom is -0.238 e. The number of benzene rings is 1. The van der Waals surface area contributed by atoms with Crippen LogP contribution >= 0.6 is 0 Å². The highest BCUT2D eigenvalue weighted by atomic mass is 15.3. The van der Waals surface area contributed by atoms with Crippen LogP contribution in [0.5, 0.6) is 0 Å². The van der Waals surface area contributed by atoms with Crippen LogP contribution in [0.4, 0.5) is 0 Å². The highest BCUT2D eigenvalue weighted by Crippen LogP contribution is 2.07. The van der Waals surface area contributed by atoms with Gasteiger partial charge < -0.3 is 0 Å². The maximum absolute atomic E-state index is 4.20. The van der Waals surface area contributed by atoms with Crippen molar-refractivity contribution in [2.75, 3.05) is 0 Å². The lowest BCUT2D eigenvalue weighted by Crippen LogP contribution is -1.97. The summed E-state index contributed by atoms with van der Waals surface area (Å²) in [4.78, 5) is 0. The van der Waals surface area contributed by atoms with Gasteiger partial charge in [0.15, 0.2) is 0 Å². The normalized spacial score (nSPS) is 10.1. The Labute approximate surface area is 71.5 Å². The molecule has 0 N–H and O–H groups in total. The molecule has 1 heterocycles. The molecular weight excluding hydrogens is 148 g/mol. The van der Waals surface area contributed by atoms with Crippen molar-refractivity contribution in [1.29, 1.82) is 0 Å². The predicted octanol–water partition coefficient (Wildman–Crippen LogP) is 2.18. The third-order valence-corrected chi connectivity index (χ3v) is 1.83. The molecule has 0 aliphatic carbocycles. The smallest absolute Gasteiger partial charge is 0.0648 e. The van der Waals surface area contributed by atoms with Crippen molar-refractivity contribution in [1.82, 2.24) is 9.78 Å². The molecule has 60 valence electrons. The van der Waals surface area contributed by atoms with E-state index in [2.05, 4.69) is 5.10 Å². The summed E-state index contributed by atoms with van der Waals surface area (Å²) in [5.41, 5.74) is 2.26. The van der Waals surface area contributed by atoms with E-state index in [-0.39, 0.29) is 0 Å². The molecule has 0 radical (unpaired) electrons. The minimum atomic E-state index is 1.11. The number of hydrogen-bond acceptors (Lipinski definition) is 1. The molecule has 12 heavy (non-hydrogen) atoms. The number of hydrogen-bond donors (Lipinski definition) is 0. The van der Waals surface area contributed by atoms with Crippen molar-refractivity contribution in [3.63, 3.8) is 0 Å². The topological polar surface area (TPSA) is 17.8 Å². The molecule has 0 saturated carbocycles. The lowest BCUT2D eigenvalue weighted by molar-refractivity contribution is 0.847. The summed E-state index contributed by atoms with van der Waals surface area (Å²) >= 11 is 0. The van der Waals surface area contributed by atoms with Crippen molar-refractivity contribution in [3.8, 4) is 5.69 Å². The molecule has 0 atom stereocenters. The quantitative estimate of drug-likeness (QED) is 0.622. The van der Waals surface area contributed by atoms with Gasteiger partial charge in [0, 0.05) is 11.9 Å². The van der Waals surface area contributed by atoms with Gasteiger partial charge in [-0.05, 0) is 25.1 Å². The molecule has 0 amide bonds. The molecule has 2 aromatic rings. The van der Waals surface area contributed by atoms with E-state index in [0.717, 1.165) is 11.4 Å². The highest BCUT2D eigenvalue weighted by molar-refractivity contribution is 5.31. The van der Waals surface area contributed by atoms with E-state index in [1.165, 1.54) is 0 Å². The van der Waals surface area contributed by atoms with Crippen molar-refractivity contribution in [2.45, 2.75) is 6.92 Å². The Bertz CT molecular complexity index is 362. The van der Waals surface area contributed by atoms with Gasteiger partial charge in [-0.1, -0.05) is 18.2 Å². The maximum atomic E-state index is 4.20. The van der Waals surface area contributed by atoms with E-state index in [9.17, 15) is 0 Å². The fraction of sp³-hybridized carbons (Fsp3) is 0.100. The molecular formula is C10H10N2. The zero-order valence-corrected chi connectivity index (χ0v) is 6.94. The van der Waals surface area contributed by atoms with Crippen LogP contribution in [0.2, 0.25) is 0 Å². The zero-order chi connectivity index (χ0) is 8.39. The molecule has 0 spiro atoms. The molecule has 1 aromatic carbocycles. The second kappa shape index (κ2) is 2.81. The van der Waals surface area contributed by atoms with E-state index < -0.39 is 0 Å². The van der Waals surface area contributed by atoms with E-state index in [1.54, 1.807) is 0 Å². The summed E-state index contributed by atoms with van der Waals surface area (Å²) in [6, 6.07) is 12.1. The summed E-state index contributed by atoms with van der Waals surface area (Å²) in [6.45, 7) is 2.04. The van der Waals surface area contributed by atoms with Gasteiger partial charge in [0.05, 0.1) is 5.69 Å². The number of aromatic nitrogens is 2. The Hall–Kier alpha value is -1.57. The van der Waals surface area contributed by atoms with Crippen LogP contribution in [0, 0.1) is 6.92 Å². The minimum absolute atomic E-state index is 1.11. The lowest BCUT2D eigenvalue weighted by Gasteiger charge is -2.02. The molecule has 0 bridgehead atoms. The fourth-order valence-corrected chi connectivity index (χ4v) is 1.21. The number of aryl methyl sites for hydroxylation is 1. The molecule has 0 fully saturated rings. The summed E-state index contributed by atoms with van der Waals surface area (Å²) < 4.78 is 1.92. The van der Waals surface area contributed by atoms with Gasteiger partial charge in [-0.15, -0.1) is 0 Å². The summed E-state index contributed by atoms with van der Waals surface area (Å²) in [5, 5.41) is 4.20. The van der Waals surface area contributed by atoms with E-state index in [4.69, 9.17) is 0 Å². The fourth-order valence-electron chi connectivity index (χ4n) is 1.21. The first kappa shape index (κ1) is 7.10. The van der Waals surface area contributed by atoms with Crippen LogP contribution in [0.1, 0.15) is 5.69 Å². The van der Waals surface area contributed by atoms with Gasteiger partial charge in [-0.2, -0.15) is 5.10 Å². The zero-order valence-electron chi connectivity index (χ0n) is 6.94. The van der Waals surface area contributed by atoms with E-state index in [0.29, 0.717) is 0 Å². The first-order valence-corrected chi connectivity index (χ1v) is 3.94. The number of nitrogens with zero attached hydrogens (tertiary/aromatic N) is 2. The Morgan fingerprint density at radius 1 is 1.08 bits per heavy atom. The Morgan fingerprint density at radius 2 is 1.83 bits per heavy atom. The monoisotopic (exact) mass is 158 g/mol. The van der Waals surface area contributed by atoms with Gasteiger partial charge in [-0.25, -0.2) is 4.68 Å². The first-order chi connectivity index (χ1) is 5.88. The Kier molecular flexibility index (Phi) is 1.67. The number of rotatable bonds is 1. The van der Waals surface area contributed by atoms with Crippen LogP contribution in [-0.4, -0.2) is 9.78 Å². The molecule has 1 aromatic heterocycles. The Balaban J connectivity index is 2.51. The average molecular weight is 158 g/mol. The lowest BCUT2D eigenvalue weighted by atomic mass is 10.3. The predicted molar refractivity (Wildman–Crippen MR) is 48.3 cm³/mol. The van der Waals surface area contributed by atoms with Gasteiger partial charge in [0.1, 0.15) is 0 Å². The second-order valence-electron chi connectivity index (χ2n) is 2.72. The van der Waals surface area contributed by atoms with Crippen LogP contribution in [0.3, 0.4) is 0 Å². The standard InChI is InChI=1S/C10H10N2/c1-9-7-8-11-12(9)10-5-3-2-4-6-10/h2-8H,1H3. The van der Waals surface area contributed by atoms with Crippen LogP contribution in [-0.2, 0) is 0 Å². The van der Waals surface area contributed by atoms with E-state index in [1.807, 2.05) is 54.2 Å². The summed E-state index contributed by atoms with van der Waals surface area (Å²) in [5.74, 6) is 0. The third kappa shape index (κ3) is 1.11. The molecule has 2 rings (SSSR count). The molecule has 0 aliphatic rings. The van der Waals surface area contributed by atoms with Crippen molar-refractivity contribution in [3.05, 3.63) is 48.3 Å². The van der Waals surface area contributed by atoms with Gasteiger partial charge in [-0.3, -0.25) is 0 Å². The van der Waals surface area contributed by atoms with Crippen LogP contribution in [0.15, 0.2) is 42.6 Å². The molecule has 0 saturated heterocycles. The average Bonchev–Trinajstić information content (AvgIpc) is 2.53. The van der Waals surface area contributed by atoms with Crippen LogP contribution in [0.25, 0.3) is 5.69 Å². The molecule has 0 unspecified atom stereocenters. The van der Waals surface area contributed by atoms with Crippen molar-refractivity contribution >= 4 is 0 Å². The van der Waals surface area contributed by atoms with Gasteiger partial charge in [0.25, 0.3) is 0 Å². The highest BCUT2D eigenvalue weighted by Gasteiger charge is 1.97. The number of para-hydroxylation sites is 1.